The van der Waals surface area contributed by atoms with Gasteiger partial charge in [-0.2, -0.15) is 0 Å². The molecule has 0 aliphatic heterocycles. The largest absolute Gasteiger partial charge is 0.367 e. The smallest absolute Gasteiger partial charge is 0.191 e. The molecule has 23 heavy (non-hydrogen) atoms. The molecule has 2 aromatic rings. The number of pyridine rings is 1. The molecule has 0 unspecified atom stereocenters. The van der Waals surface area contributed by atoms with Crippen LogP contribution in [0.5, 0.6) is 0 Å². The van der Waals surface area contributed by atoms with Gasteiger partial charge in [-0.05, 0) is 17.5 Å². The summed E-state index contributed by atoms with van der Waals surface area (Å²) >= 11 is 13.6. The molecule has 0 amide bonds. The lowest BCUT2D eigenvalue weighted by Gasteiger charge is -2.12. The van der Waals surface area contributed by atoms with E-state index in [4.69, 9.17) is 23.2 Å². The molecule has 9 heteroatoms. The standard InChI is InChI=1S/C14H17Cl2N5S.HI/c1-17-14(21-9-11-3-2-6-22-11)19-5-4-18-13-12(16)7-10(15)8-20-13;/h2-3,6-8H,4-5,9H2,1H3,(H,18,20)(H2,17,19,21);1H. The Morgan fingerprint density at radius 3 is 2.78 bits per heavy atom. The number of halogens is 3. The van der Waals surface area contributed by atoms with Crippen molar-refractivity contribution in [3.8, 4) is 0 Å². The van der Waals surface area contributed by atoms with E-state index in [9.17, 15) is 0 Å². The van der Waals surface area contributed by atoms with E-state index in [1.807, 2.05) is 6.07 Å². The SMILES string of the molecule is CN=C(NCCNc1ncc(Cl)cc1Cl)NCc1cccs1.I. The lowest BCUT2D eigenvalue weighted by atomic mass is 10.4. The van der Waals surface area contributed by atoms with E-state index < -0.39 is 0 Å². The van der Waals surface area contributed by atoms with Crippen molar-refractivity contribution in [3.05, 3.63) is 44.7 Å². The molecular formula is C14H18Cl2IN5S. The summed E-state index contributed by atoms with van der Waals surface area (Å²) in [4.78, 5) is 9.57. The molecule has 2 rings (SSSR count). The van der Waals surface area contributed by atoms with Gasteiger partial charge in [0, 0.05) is 31.2 Å². The maximum Gasteiger partial charge on any atom is 0.191 e. The Balaban J connectivity index is 0.00000264. The lowest BCUT2D eigenvalue weighted by Crippen LogP contribution is -2.39. The van der Waals surface area contributed by atoms with Crippen molar-refractivity contribution in [2.24, 2.45) is 4.99 Å². The van der Waals surface area contributed by atoms with Crippen LogP contribution in [0.25, 0.3) is 0 Å². The van der Waals surface area contributed by atoms with E-state index in [1.165, 1.54) is 4.88 Å². The minimum atomic E-state index is 0. The molecule has 0 aliphatic rings. The van der Waals surface area contributed by atoms with E-state index in [2.05, 4.69) is 37.4 Å². The van der Waals surface area contributed by atoms with Crippen molar-refractivity contribution >= 4 is 70.3 Å². The minimum Gasteiger partial charge on any atom is -0.367 e. The van der Waals surface area contributed by atoms with Crippen LogP contribution < -0.4 is 16.0 Å². The van der Waals surface area contributed by atoms with E-state index in [0.29, 0.717) is 29.0 Å². The van der Waals surface area contributed by atoms with E-state index in [1.54, 1.807) is 30.6 Å². The average Bonchev–Trinajstić information content (AvgIpc) is 3.01. The summed E-state index contributed by atoms with van der Waals surface area (Å²) in [7, 11) is 1.74. The van der Waals surface area contributed by atoms with E-state index in [0.717, 1.165) is 12.5 Å². The first-order chi connectivity index (χ1) is 10.7. The van der Waals surface area contributed by atoms with Crippen LogP contribution in [0.1, 0.15) is 4.88 Å². The average molecular weight is 486 g/mol. The van der Waals surface area contributed by atoms with Gasteiger partial charge < -0.3 is 16.0 Å². The van der Waals surface area contributed by atoms with Gasteiger partial charge in [-0.3, -0.25) is 4.99 Å². The molecule has 0 aromatic carbocycles. The van der Waals surface area contributed by atoms with Crippen molar-refractivity contribution in [3.63, 3.8) is 0 Å². The summed E-state index contributed by atoms with van der Waals surface area (Å²) in [5.41, 5.74) is 0. The first-order valence-electron chi connectivity index (χ1n) is 6.71. The Morgan fingerprint density at radius 2 is 2.13 bits per heavy atom. The molecule has 0 saturated heterocycles. The molecule has 0 spiro atoms. The first kappa shape index (κ1) is 20.3. The van der Waals surface area contributed by atoms with Crippen molar-refractivity contribution in [2.45, 2.75) is 6.54 Å². The summed E-state index contributed by atoms with van der Waals surface area (Å²) in [5, 5.41) is 12.7. The number of aromatic nitrogens is 1. The number of hydrogen-bond acceptors (Lipinski definition) is 4. The minimum absolute atomic E-state index is 0. The Bertz CT molecular complexity index is 622. The van der Waals surface area contributed by atoms with Gasteiger partial charge in [-0.15, -0.1) is 35.3 Å². The zero-order valence-electron chi connectivity index (χ0n) is 12.5. The van der Waals surface area contributed by atoms with Gasteiger partial charge >= 0.3 is 0 Å². The highest BCUT2D eigenvalue weighted by atomic mass is 127. The molecule has 3 N–H and O–H groups in total. The summed E-state index contributed by atoms with van der Waals surface area (Å²) in [6.07, 6.45) is 1.56. The fourth-order valence-corrected chi connectivity index (χ4v) is 2.80. The topological polar surface area (TPSA) is 61.3 Å². The van der Waals surface area contributed by atoms with Gasteiger partial charge in [-0.25, -0.2) is 4.98 Å². The van der Waals surface area contributed by atoms with Crippen molar-refractivity contribution in [2.75, 3.05) is 25.5 Å². The molecule has 0 fully saturated rings. The third-order valence-electron chi connectivity index (χ3n) is 2.75. The van der Waals surface area contributed by atoms with Gasteiger partial charge in [0.15, 0.2) is 5.96 Å². The van der Waals surface area contributed by atoms with E-state index in [-0.39, 0.29) is 24.0 Å². The van der Waals surface area contributed by atoms with Gasteiger partial charge in [-0.1, -0.05) is 29.3 Å². The quantitative estimate of drug-likeness (QED) is 0.252. The number of guanidine groups is 1. The maximum atomic E-state index is 6.04. The number of thiophene rings is 1. The van der Waals surface area contributed by atoms with Crippen LogP contribution in [0.2, 0.25) is 10.0 Å². The van der Waals surface area contributed by atoms with Crippen molar-refractivity contribution in [1.82, 2.24) is 15.6 Å². The highest BCUT2D eigenvalue weighted by molar-refractivity contribution is 14.0. The molecule has 0 radical (unpaired) electrons. The Kier molecular flexibility index (Phi) is 9.61. The molecule has 0 bridgehead atoms. The molecule has 2 aromatic heterocycles. The third kappa shape index (κ3) is 7.11. The van der Waals surface area contributed by atoms with Crippen LogP contribution in [-0.2, 0) is 6.54 Å². The summed E-state index contributed by atoms with van der Waals surface area (Å²) in [6.45, 7) is 2.11. The van der Waals surface area contributed by atoms with Gasteiger partial charge in [0.25, 0.3) is 0 Å². The molecule has 5 nitrogen and oxygen atoms in total. The van der Waals surface area contributed by atoms with Crippen LogP contribution in [0.4, 0.5) is 5.82 Å². The van der Waals surface area contributed by atoms with Crippen LogP contribution >= 0.6 is 58.5 Å². The fraction of sp³-hybridized carbons (Fsp3) is 0.286. The second-order valence-electron chi connectivity index (χ2n) is 4.34. The monoisotopic (exact) mass is 485 g/mol. The van der Waals surface area contributed by atoms with Crippen LogP contribution in [0, 0.1) is 0 Å². The van der Waals surface area contributed by atoms with Gasteiger partial charge in [0.1, 0.15) is 5.82 Å². The second-order valence-corrected chi connectivity index (χ2v) is 6.22. The predicted octanol–water partition coefficient (Wildman–Crippen LogP) is 3.85. The molecule has 0 saturated carbocycles. The maximum absolute atomic E-state index is 6.04. The summed E-state index contributed by atoms with van der Waals surface area (Å²) in [6, 6.07) is 5.78. The molecule has 0 atom stereocenters. The first-order valence-corrected chi connectivity index (χ1v) is 8.34. The summed E-state index contributed by atoms with van der Waals surface area (Å²) < 4.78 is 0. The highest BCUT2D eigenvalue weighted by Gasteiger charge is 2.02. The Hall–Kier alpha value is -0.770. The predicted molar refractivity (Wildman–Crippen MR) is 111 cm³/mol. The number of anilines is 1. The Morgan fingerprint density at radius 1 is 1.30 bits per heavy atom. The normalized spacial score (nSPS) is 10.8. The zero-order chi connectivity index (χ0) is 15.8. The molecule has 2 heterocycles. The molecule has 126 valence electrons. The van der Waals surface area contributed by atoms with Gasteiger partial charge in [0.2, 0.25) is 0 Å². The second kappa shape index (κ2) is 10.9. The number of rotatable bonds is 6. The van der Waals surface area contributed by atoms with Crippen molar-refractivity contribution < 1.29 is 0 Å². The van der Waals surface area contributed by atoms with Crippen LogP contribution in [0.3, 0.4) is 0 Å². The van der Waals surface area contributed by atoms with Crippen molar-refractivity contribution in [1.29, 1.82) is 0 Å². The highest BCUT2D eigenvalue weighted by Crippen LogP contribution is 2.21. The van der Waals surface area contributed by atoms with Gasteiger partial charge in [0.05, 0.1) is 16.6 Å². The number of nitrogens with one attached hydrogen (secondary N) is 3. The number of nitrogens with zero attached hydrogens (tertiary/aromatic N) is 2. The summed E-state index contributed by atoms with van der Waals surface area (Å²) in [5.74, 6) is 1.37. The van der Waals surface area contributed by atoms with Crippen LogP contribution in [-0.4, -0.2) is 31.1 Å². The Labute approximate surface area is 166 Å². The van der Waals surface area contributed by atoms with Crippen LogP contribution in [0.15, 0.2) is 34.8 Å². The zero-order valence-corrected chi connectivity index (χ0v) is 17.1. The fourth-order valence-electron chi connectivity index (χ4n) is 1.71. The molecular weight excluding hydrogens is 468 g/mol. The molecule has 0 aliphatic carbocycles. The lowest BCUT2D eigenvalue weighted by molar-refractivity contribution is 0.818. The number of aliphatic imine (C=N–C) groups is 1. The third-order valence-corrected chi connectivity index (χ3v) is 4.12. The van der Waals surface area contributed by atoms with E-state index >= 15 is 0 Å². The number of hydrogen-bond donors (Lipinski definition) is 3.